The van der Waals surface area contributed by atoms with Crippen LogP contribution in [0.15, 0.2) is 12.3 Å². The summed E-state index contributed by atoms with van der Waals surface area (Å²) in [6.45, 7) is 8.94. The van der Waals surface area contributed by atoms with E-state index in [-0.39, 0.29) is 11.4 Å². The van der Waals surface area contributed by atoms with Crippen LogP contribution in [0.25, 0.3) is 0 Å². The van der Waals surface area contributed by atoms with Gasteiger partial charge in [-0.3, -0.25) is 4.90 Å². The largest absolute Gasteiger partial charge is 0.444 e. The molecule has 7 heteroatoms. The summed E-state index contributed by atoms with van der Waals surface area (Å²) in [4.78, 5) is 22.2. The number of piperidine rings is 1. The van der Waals surface area contributed by atoms with Crippen LogP contribution in [-0.4, -0.2) is 46.2 Å². The quantitative estimate of drug-likeness (QED) is 0.854. The highest BCUT2D eigenvalue weighted by molar-refractivity contribution is 6.28. The molecule has 0 aliphatic carbocycles. The molecule has 1 aliphatic heterocycles. The van der Waals surface area contributed by atoms with Gasteiger partial charge in [0.1, 0.15) is 5.60 Å². The zero-order chi connectivity index (χ0) is 16.9. The molecule has 128 valence electrons. The zero-order valence-electron chi connectivity index (χ0n) is 14.0. The number of nitrogens with zero attached hydrogens (tertiary/aromatic N) is 3. The van der Waals surface area contributed by atoms with Gasteiger partial charge in [0.2, 0.25) is 5.28 Å². The van der Waals surface area contributed by atoms with E-state index in [0.29, 0.717) is 12.5 Å². The van der Waals surface area contributed by atoms with E-state index >= 15 is 0 Å². The van der Waals surface area contributed by atoms with E-state index in [2.05, 4.69) is 20.2 Å². The Bertz CT molecular complexity index is 533. The molecular formula is C16H25ClN4O2. The first kappa shape index (κ1) is 17.9. The van der Waals surface area contributed by atoms with Crippen molar-refractivity contribution in [2.24, 2.45) is 5.92 Å². The fourth-order valence-corrected chi connectivity index (χ4v) is 2.85. The van der Waals surface area contributed by atoms with Crippen LogP contribution in [0.3, 0.4) is 0 Å². The summed E-state index contributed by atoms with van der Waals surface area (Å²) < 4.78 is 5.27. The predicted octanol–water partition coefficient (Wildman–Crippen LogP) is 2.87. The Morgan fingerprint density at radius 2 is 2.30 bits per heavy atom. The second-order valence-corrected chi connectivity index (χ2v) is 7.28. The standard InChI is InChI=1S/C16H25ClN4O2/c1-16(2,3)23-15(22)19-9-12-5-4-8-21(10-12)11-13-6-7-18-14(17)20-13/h6-7,12H,4-5,8-11H2,1-3H3,(H,19,22)/t12-/m1/s1. The van der Waals surface area contributed by atoms with Gasteiger partial charge in [0.05, 0.1) is 5.69 Å². The third kappa shape index (κ3) is 6.71. The molecule has 0 saturated carbocycles. The lowest BCUT2D eigenvalue weighted by Crippen LogP contribution is -2.42. The number of carbonyl (C=O) groups excluding carboxylic acids is 1. The summed E-state index contributed by atoms with van der Waals surface area (Å²) in [6.07, 6.45) is 3.55. The van der Waals surface area contributed by atoms with E-state index in [1.54, 1.807) is 6.20 Å². The van der Waals surface area contributed by atoms with Crippen molar-refractivity contribution in [1.29, 1.82) is 0 Å². The molecule has 0 aromatic carbocycles. The van der Waals surface area contributed by atoms with Gasteiger partial charge in [-0.2, -0.15) is 0 Å². The molecule has 6 nitrogen and oxygen atoms in total. The van der Waals surface area contributed by atoms with Gasteiger partial charge in [-0.05, 0) is 63.7 Å². The number of likely N-dealkylation sites (tertiary alicyclic amines) is 1. The Labute approximate surface area is 142 Å². The summed E-state index contributed by atoms with van der Waals surface area (Å²) in [5.41, 5.74) is 0.459. The Kier molecular flexibility index (Phi) is 6.18. The smallest absolute Gasteiger partial charge is 0.407 e. The van der Waals surface area contributed by atoms with Gasteiger partial charge in [0, 0.05) is 25.8 Å². The number of nitrogens with one attached hydrogen (secondary N) is 1. The average molecular weight is 341 g/mol. The first-order valence-electron chi connectivity index (χ1n) is 7.98. The molecule has 1 atom stereocenters. The van der Waals surface area contributed by atoms with Crippen LogP contribution in [0, 0.1) is 5.92 Å². The molecule has 1 aromatic heterocycles. The van der Waals surface area contributed by atoms with Gasteiger partial charge in [-0.25, -0.2) is 14.8 Å². The second kappa shape index (κ2) is 7.93. The highest BCUT2D eigenvalue weighted by Gasteiger charge is 2.22. The van der Waals surface area contributed by atoms with E-state index in [1.165, 1.54) is 0 Å². The number of carbonyl (C=O) groups is 1. The van der Waals surface area contributed by atoms with Crippen molar-refractivity contribution in [3.8, 4) is 0 Å². The highest BCUT2D eigenvalue weighted by atomic mass is 35.5. The van der Waals surface area contributed by atoms with Crippen molar-refractivity contribution in [1.82, 2.24) is 20.2 Å². The second-order valence-electron chi connectivity index (χ2n) is 6.94. The van der Waals surface area contributed by atoms with Crippen molar-refractivity contribution >= 4 is 17.7 Å². The Morgan fingerprint density at radius 3 is 3.00 bits per heavy atom. The van der Waals surface area contributed by atoms with Crippen LogP contribution >= 0.6 is 11.6 Å². The molecule has 1 aliphatic rings. The topological polar surface area (TPSA) is 67.3 Å². The molecule has 1 aromatic rings. The number of hydrogen-bond acceptors (Lipinski definition) is 5. The molecule has 2 rings (SSSR count). The lowest BCUT2D eigenvalue weighted by Gasteiger charge is -2.32. The summed E-state index contributed by atoms with van der Waals surface area (Å²) in [6, 6.07) is 1.88. The lowest BCUT2D eigenvalue weighted by atomic mass is 9.98. The SMILES string of the molecule is CC(C)(C)OC(=O)NC[C@H]1CCCN(Cc2ccnc(Cl)n2)C1. The maximum Gasteiger partial charge on any atom is 0.407 e. The molecule has 0 unspecified atom stereocenters. The van der Waals surface area contributed by atoms with E-state index in [9.17, 15) is 4.79 Å². The Hall–Kier alpha value is -1.40. The van der Waals surface area contributed by atoms with Crippen molar-refractivity contribution in [3.63, 3.8) is 0 Å². The monoisotopic (exact) mass is 340 g/mol. The van der Waals surface area contributed by atoms with Crippen LogP contribution in [-0.2, 0) is 11.3 Å². The van der Waals surface area contributed by atoms with Gasteiger partial charge in [0.25, 0.3) is 0 Å². The summed E-state index contributed by atoms with van der Waals surface area (Å²) in [5, 5.41) is 3.15. The number of alkyl carbamates (subject to hydrolysis) is 1. The van der Waals surface area contributed by atoms with Crippen LogP contribution in [0.5, 0.6) is 0 Å². The lowest BCUT2D eigenvalue weighted by molar-refractivity contribution is 0.0506. The molecule has 0 bridgehead atoms. The number of ether oxygens (including phenoxy) is 1. The van der Waals surface area contributed by atoms with E-state index in [1.807, 2.05) is 26.8 Å². The number of amides is 1. The third-order valence-corrected chi connectivity index (χ3v) is 3.79. The number of hydrogen-bond donors (Lipinski definition) is 1. The normalized spacial score (nSPS) is 19.4. The van der Waals surface area contributed by atoms with E-state index in [0.717, 1.165) is 38.2 Å². The minimum Gasteiger partial charge on any atom is -0.444 e. The highest BCUT2D eigenvalue weighted by Crippen LogP contribution is 2.18. The first-order chi connectivity index (χ1) is 10.8. The van der Waals surface area contributed by atoms with Crippen LogP contribution in [0.2, 0.25) is 5.28 Å². The minimum atomic E-state index is -0.463. The molecule has 1 amide bonds. The number of rotatable bonds is 4. The molecule has 23 heavy (non-hydrogen) atoms. The van der Waals surface area contributed by atoms with Crippen molar-refractivity contribution in [3.05, 3.63) is 23.2 Å². The van der Waals surface area contributed by atoms with E-state index in [4.69, 9.17) is 16.3 Å². The minimum absolute atomic E-state index is 0.280. The Balaban J connectivity index is 1.78. The van der Waals surface area contributed by atoms with Gasteiger partial charge in [0.15, 0.2) is 0 Å². The maximum absolute atomic E-state index is 11.7. The summed E-state index contributed by atoms with van der Waals surface area (Å²) in [7, 11) is 0. The summed E-state index contributed by atoms with van der Waals surface area (Å²) in [5.74, 6) is 0.425. The van der Waals surface area contributed by atoms with Crippen LogP contribution in [0.4, 0.5) is 4.79 Å². The molecule has 0 spiro atoms. The first-order valence-corrected chi connectivity index (χ1v) is 8.36. The predicted molar refractivity (Wildman–Crippen MR) is 89.3 cm³/mol. The van der Waals surface area contributed by atoms with Crippen molar-refractivity contribution in [2.45, 2.75) is 45.8 Å². The zero-order valence-corrected chi connectivity index (χ0v) is 14.8. The fourth-order valence-electron chi connectivity index (χ4n) is 2.69. The molecule has 1 fully saturated rings. The number of halogens is 1. The van der Waals surface area contributed by atoms with Crippen LogP contribution in [0.1, 0.15) is 39.3 Å². The van der Waals surface area contributed by atoms with Gasteiger partial charge in [-0.15, -0.1) is 0 Å². The van der Waals surface area contributed by atoms with Gasteiger partial charge in [-0.1, -0.05) is 0 Å². The number of aromatic nitrogens is 2. The third-order valence-electron chi connectivity index (χ3n) is 3.61. The van der Waals surface area contributed by atoms with Crippen molar-refractivity contribution in [2.75, 3.05) is 19.6 Å². The molecule has 1 saturated heterocycles. The molecule has 2 heterocycles. The summed E-state index contributed by atoms with van der Waals surface area (Å²) >= 11 is 5.83. The van der Waals surface area contributed by atoms with Gasteiger partial charge >= 0.3 is 6.09 Å². The maximum atomic E-state index is 11.7. The van der Waals surface area contributed by atoms with Gasteiger partial charge < -0.3 is 10.1 Å². The molecule has 1 N–H and O–H groups in total. The van der Waals surface area contributed by atoms with E-state index < -0.39 is 5.60 Å². The molecule has 0 radical (unpaired) electrons. The molecular weight excluding hydrogens is 316 g/mol. The fraction of sp³-hybridized carbons (Fsp3) is 0.688. The van der Waals surface area contributed by atoms with Crippen LogP contribution < -0.4 is 5.32 Å². The Morgan fingerprint density at radius 1 is 1.52 bits per heavy atom. The van der Waals surface area contributed by atoms with Crippen molar-refractivity contribution < 1.29 is 9.53 Å². The average Bonchev–Trinajstić information content (AvgIpc) is 2.44.